The molecule has 0 radical (unpaired) electrons. The number of carbonyl (C=O) groups excluding carboxylic acids is 2. The van der Waals surface area contributed by atoms with Crippen molar-refractivity contribution in [3.8, 4) is 0 Å². The van der Waals surface area contributed by atoms with Crippen LogP contribution < -0.4 is 5.32 Å². The fourth-order valence-corrected chi connectivity index (χ4v) is 1.88. The van der Waals surface area contributed by atoms with Gasteiger partial charge in [0.05, 0.1) is 12.9 Å². The highest BCUT2D eigenvalue weighted by Gasteiger charge is 2.29. The number of thioether (sulfide) groups is 1. The molecular weight excluding hydrogens is 254 g/mol. The number of hydrogen-bond donors (Lipinski definition) is 1. The number of esters is 1. The number of aromatic nitrogens is 2. The Bertz CT molecular complexity index is 445. The Morgan fingerprint density at radius 2 is 2.22 bits per heavy atom. The smallest absolute Gasteiger partial charge is 0.316 e. The van der Waals surface area contributed by atoms with E-state index < -0.39 is 0 Å². The summed E-state index contributed by atoms with van der Waals surface area (Å²) in [5.41, 5.74) is 0. The molecule has 1 aromatic rings. The van der Waals surface area contributed by atoms with Crippen molar-refractivity contribution in [3.63, 3.8) is 0 Å². The van der Waals surface area contributed by atoms with Gasteiger partial charge >= 0.3 is 5.97 Å². The van der Waals surface area contributed by atoms with Gasteiger partial charge in [0.1, 0.15) is 5.03 Å². The molecule has 1 aromatic heterocycles. The normalized spacial score (nSPS) is 14.1. The van der Waals surface area contributed by atoms with Gasteiger partial charge in [0.2, 0.25) is 5.91 Å². The van der Waals surface area contributed by atoms with E-state index in [4.69, 9.17) is 0 Å². The van der Waals surface area contributed by atoms with Gasteiger partial charge in [0, 0.05) is 5.92 Å². The highest BCUT2D eigenvalue weighted by atomic mass is 32.2. The van der Waals surface area contributed by atoms with Crippen LogP contribution in [0.1, 0.15) is 12.8 Å². The molecule has 0 bridgehead atoms. The average Bonchev–Trinajstić information content (AvgIpc) is 3.21. The third-order valence-corrected chi connectivity index (χ3v) is 3.30. The quantitative estimate of drug-likeness (QED) is 0.635. The van der Waals surface area contributed by atoms with Gasteiger partial charge in [-0.3, -0.25) is 9.59 Å². The van der Waals surface area contributed by atoms with Gasteiger partial charge in [-0.1, -0.05) is 11.8 Å². The van der Waals surface area contributed by atoms with Crippen molar-refractivity contribution in [1.29, 1.82) is 0 Å². The second kappa shape index (κ2) is 5.81. The second-order valence-electron chi connectivity index (χ2n) is 3.89. The number of methoxy groups -OCH3 is 1. The van der Waals surface area contributed by atoms with E-state index in [1.807, 2.05) is 0 Å². The van der Waals surface area contributed by atoms with Crippen LogP contribution in [0.25, 0.3) is 0 Å². The molecule has 1 aliphatic carbocycles. The third-order valence-electron chi connectivity index (χ3n) is 2.41. The molecule has 1 N–H and O–H groups in total. The summed E-state index contributed by atoms with van der Waals surface area (Å²) >= 11 is 1.24. The van der Waals surface area contributed by atoms with Crippen LogP contribution >= 0.6 is 11.8 Å². The number of nitrogens with zero attached hydrogens (tertiary/aromatic N) is 2. The van der Waals surface area contributed by atoms with Crippen LogP contribution in [0.5, 0.6) is 0 Å². The summed E-state index contributed by atoms with van der Waals surface area (Å²) in [7, 11) is 1.34. The number of amides is 1. The largest absolute Gasteiger partial charge is 0.468 e. The number of hydrogen-bond acceptors (Lipinski definition) is 6. The summed E-state index contributed by atoms with van der Waals surface area (Å²) in [6.45, 7) is 0. The lowest BCUT2D eigenvalue weighted by Gasteiger charge is -2.03. The van der Waals surface area contributed by atoms with E-state index in [2.05, 4.69) is 20.3 Å². The molecule has 1 saturated carbocycles. The van der Waals surface area contributed by atoms with Crippen LogP contribution in [0.2, 0.25) is 0 Å². The van der Waals surface area contributed by atoms with E-state index in [1.54, 1.807) is 12.1 Å². The number of anilines is 1. The summed E-state index contributed by atoms with van der Waals surface area (Å²) in [5, 5.41) is 11.1. The van der Waals surface area contributed by atoms with Crippen LogP contribution in [0, 0.1) is 5.92 Å². The Labute approximate surface area is 108 Å². The average molecular weight is 267 g/mol. The van der Waals surface area contributed by atoms with E-state index in [9.17, 15) is 9.59 Å². The molecule has 2 rings (SSSR count). The Morgan fingerprint density at radius 1 is 1.44 bits per heavy atom. The van der Waals surface area contributed by atoms with Gasteiger partial charge in [0.25, 0.3) is 0 Å². The van der Waals surface area contributed by atoms with Crippen LogP contribution in [-0.4, -0.2) is 34.9 Å². The zero-order valence-electron chi connectivity index (χ0n) is 9.88. The maximum Gasteiger partial charge on any atom is 0.316 e. The molecule has 0 aromatic carbocycles. The van der Waals surface area contributed by atoms with Crippen molar-refractivity contribution < 1.29 is 14.3 Å². The van der Waals surface area contributed by atoms with Gasteiger partial charge < -0.3 is 10.1 Å². The maximum atomic E-state index is 11.5. The van der Waals surface area contributed by atoms with Gasteiger partial charge in [-0.15, -0.1) is 10.2 Å². The van der Waals surface area contributed by atoms with Crippen LogP contribution in [0.3, 0.4) is 0 Å². The Balaban J connectivity index is 1.84. The Hall–Kier alpha value is -1.63. The highest BCUT2D eigenvalue weighted by molar-refractivity contribution is 7.99. The predicted octanol–water partition coefficient (Wildman–Crippen LogP) is 1.09. The fourth-order valence-electron chi connectivity index (χ4n) is 1.23. The molecule has 0 spiro atoms. The summed E-state index contributed by atoms with van der Waals surface area (Å²) in [5.74, 6) is 0.459. The van der Waals surface area contributed by atoms with Gasteiger partial charge in [-0.2, -0.15) is 0 Å². The van der Waals surface area contributed by atoms with Gasteiger partial charge in [0.15, 0.2) is 5.82 Å². The molecule has 96 valence electrons. The predicted molar refractivity (Wildman–Crippen MR) is 66.1 cm³/mol. The van der Waals surface area contributed by atoms with E-state index in [-0.39, 0.29) is 23.5 Å². The zero-order chi connectivity index (χ0) is 13.0. The molecule has 7 heteroatoms. The first-order chi connectivity index (χ1) is 8.69. The molecule has 0 unspecified atom stereocenters. The highest BCUT2D eigenvalue weighted by Crippen LogP contribution is 2.29. The van der Waals surface area contributed by atoms with Crippen molar-refractivity contribution >= 4 is 29.5 Å². The minimum atomic E-state index is -0.312. The molecule has 0 saturated heterocycles. The van der Waals surface area contributed by atoms with Crippen molar-refractivity contribution in [3.05, 3.63) is 12.1 Å². The van der Waals surface area contributed by atoms with Gasteiger partial charge in [-0.05, 0) is 25.0 Å². The lowest BCUT2D eigenvalue weighted by atomic mass is 10.4. The SMILES string of the molecule is COC(=O)CSc1ccc(NC(=O)C2CC2)nn1. The van der Waals surface area contributed by atoms with Crippen molar-refractivity contribution in [1.82, 2.24) is 10.2 Å². The first-order valence-corrected chi connectivity index (χ1v) is 6.52. The van der Waals surface area contributed by atoms with Crippen LogP contribution in [0.15, 0.2) is 17.2 Å². The number of ether oxygens (including phenoxy) is 1. The summed E-state index contributed by atoms with van der Waals surface area (Å²) in [6.07, 6.45) is 1.90. The first-order valence-electron chi connectivity index (χ1n) is 5.53. The van der Waals surface area contributed by atoms with Crippen LogP contribution in [0.4, 0.5) is 5.82 Å². The van der Waals surface area contributed by atoms with E-state index in [0.717, 1.165) is 12.8 Å². The third kappa shape index (κ3) is 3.69. The molecule has 0 aliphatic heterocycles. The topological polar surface area (TPSA) is 81.2 Å². The molecular formula is C11H13N3O3S. The molecule has 0 atom stereocenters. The van der Waals surface area contributed by atoms with Crippen molar-refractivity contribution in [2.75, 3.05) is 18.2 Å². The fraction of sp³-hybridized carbons (Fsp3) is 0.455. The maximum absolute atomic E-state index is 11.5. The molecule has 1 amide bonds. The Kier molecular flexibility index (Phi) is 4.14. The minimum absolute atomic E-state index is 0.000682. The van der Waals surface area contributed by atoms with Crippen molar-refractivity contribution in [2.24, 2.45) is 5.92 Å². The minimum Gasteiger partial charge on any atom is -0.468 e. The number of nitrogens with one attached hydrogen (secondary N) is 1. The molecule has 1 fully saturated rings. The lowest BCUT2D eigenvalue weighted by molar-refractivity contribution is -0.137. The second-order valence-corrected chi connectivity index (χ2v) is 4.88. The molecule has 6 nitrogen and oxygen atoms in total. The zero-order valence-corrected chi connectivity index (χ0v) is 10.7. The van der Waals surface area contributed by atoms with Crippen molar-refractivity contribution in [2.45, 2.75) is 17.9 Å². The van der Waals surface area contributed by atoms with Gasteiger partial charge in [-0.25, -0.2) is 0 Å². The first kappa shape index (κ1) is 12.8. The standard InChI is InChI=1S/C11H13N3O3S/c1-17-10(15)6-18-9-5-4-8(13-14-9)12-11(16)7-2-3-7/h4-5,7H,2-3,6H2,1H3,(H,12,13,16). The summed E-state index contributed by atoms with van der Waals surface area (Å²) < 4.78 is 4.52. The lowest BCUT2D eigenvalue weighted by Crippen LogP contribution is -2.14. The number of rotatable bonds is 5. The number of carbonyl (C=O) groups is 2. The molecule has 1 heterocycles. The summed E-state index contributed by atoms with van der Waals surface area (Å²) in [4.78, 5) is 22.4. The monoisotopic (exact) mass is 267 g/mol. The Morgan fingerprint density at radius 3 is 2.78 bits per heavy atom. The van der Waals surface area contributed by atoms with E-state index in [1.165, 1.54) is 18.9 Å². The van der Waals surface area contributed by atoms with E-state index in [0.29, 0.717) is 10.8 Å². The molecule has 18 heavy (non-hydrogen) atoms. The van der Waals surface area contributed by atoms with Crippen LogP contribution in [-0.2, 0) is 14.3 Å². The summed E-state index contributed by atoms with van der Waals surface area (Å²) in [6, 6.07) is 3.38. The molecule has 1 aliphatic rings. The van der Waals surface area contributed by atoms with E-state index >= 15 is 0 Å².